The van der Waals surface area contributed by atoms with Crippen molar-refractivity contribution in [2.75, 3.05) is 0 Å². The third-order valence-corrected chi connectivity index (χ3v) is 3.76. The standard InChI is InChI=1S/C20H12O10/c21-8-10-1-3-12(13(5-10)18(25)26)14(7-17(23)24)20(29)30-16-4-2-11(9-22)6-15(16)19(27)28/h1-9H,(H,23,24)(H,25,26)(H,27,28). The van der Waals surface area contributed by atoms with E-state index in [0.717, 1.165) is 24.3 Å². The van der Waals surface area contributed by atoms with Crippen LogP contribution in [0, 0.1) is 0 Å². The van der Waals surface area contributed by atoms with Gasteiger partial charge in [0.05, 0.1) is 11.1 Å². The second kappa shape index (κ2) is 9.06. The number of carbonyl (C=O) groups is 6. The van der Waals surface area contributed by atoms with Crippen LogP contribution >= 0.6 is 0 Å². The van der Waals surface area contributed by atoms with Crippen molar-refractivity contribution in [1.82, 2.24) is 0 Å². The van der Waals surface area contributed by atoms with Crippen molar-refractivity contribution in [1.29, 1.82) is 0 Å². The highest BCUT2D eigenvalue weighted by Crippen LogP contribution is 2.26. The molecule has 0 atom stereocenters. The molecule has 0 aliphatic carbocycles. The molecule has 0 aliphatic heterocycles. The third-order valence-electron chi connectivity index (χ3n) is 3.76. The molecule has 2 aromatic rings. The Balaban J connectivity index is 2.58. The number of benzene rings is 2. The molecule has 152 valence electrons. The van der Waals surface area contributed by atoms with Gasteiger partial charge in [-0.15, -0.1) is 0 Å². The Morgan fingerprint density at radius 2 is 1.27 bits per heavy atom. The zero-order valence-corrected chi connectivity index (χ0v) is 14.9. The van der Waals surface area contributed by atoms with Gasteiger partial charge in [0, 0.05) is 22.8 Å². The van der Waals surface area contributed by atoms with E-state index in [0.29, 0.717) is 18.6 Å². The minimum absolute atomic E-state index is 0.00823. The molecule has 0 aliphatic rings. The van der Waals surface area contributed by atoms with Crippen LogP contribution in [0.2, 0.25) is 0 Å². The Morgan fingerprint density at radius 3 is 1.77 bits per heavy atom. The maximum Gasteiger partial charge on any atom is 0.344 e. The molecule has 0 fully saturated rings. The van der Waals surface area contributed by atoms with E-state index in [1.807, 2.05) is 0 Å². The van der Waals surface area contributed by atoms with Gasteiger partial charge in [0.15, 0.2) is 0 Å². The van der Waals surface area contributed by atoms with Crippen molar-refractivity contribution in [2.24, 2.45) is 0 Å². The number of ether oxygens (including phenoxy) is 1. The van der Waals surface area contributed by atoms with Gasteiger partial charge in [-0.25, -0.2) is 19.2 Å². The van der Waals surface area contributed by atoms with Gasteiger partial charge in [-0.3, -0.25) is 9.59 Å². The summed E-state index contributed by atoms with van der Waals surface area (Å²) in [7, 11) is 0. The number of hydrogen-bond acceptors (Lipinski definition) is 7. The SMILES string of the molecule is O=Cc1ccc(OC(=O)C(=CC(=O)O)c2ccc(C=O)cc2C(=O)O)c(C(=O)O)c1. The van der Waals surface area contributed by atoms with E-state index in [2.05, 4.69) is 0 Å². The van der Waals surface area contributed by atoms with Crippen LogP contribution in [0.4, 0.5) is 0 Å². The predicted octanol–water partition coefficient (Wildman–Crippen LogP) is 1.78. The normalized spacial score (nSPS) is 10.7. The number of hydrogen-bond donors (Lipinski definition) is 3. The molecule has 0 spiro atoms. The monoisotopic (exact) mass is 412 g/mol. The van der Waals surface area contributed by atoms with Crippen molar-refractivity contribution in [3.05, 3.63) is 70.3 Å². The van der Waals surface area contributed by atoms with Crippen LogP contribution in [0.3, 0.4) is 0 Å². The van der Waals surface area contributed by atoms with E-state index in [9.17, 15) is 39.0 Å². The molecule has 0 radical (unpaired) electrons. The maximum atomic E-state index is 12.6. The van der Waals surface area contributed by atoms with Gasteiger partial charge in [-0.05, 0) is 24.3 Å². The summed E-state index contributed by atoms with van der Waals surface area (Å²) >= 11 is 0. The Bertz CT molecular complexity index is 1110. The van der Waals surface area contributed by atoms with E-state index >= 15 is 0 Å². The number of carbonyl (C=O) groups excluding carboxylic acids is 3. The van der Waals surface area contributed by atoms with Gasteiger partial charge >= 0.3 is 23.9 Å². The van der Waals surface area contributed by atoms with E-state index in [4.69, 9.17) is 9.84 Å². The molecule has 0 saturated carbocycles. The predicted molar refractivity (Wildman–Crippen MR) is 98.8 cm³/mol. The number of aromatic carboxylic acids is 2. The van der Waals surface area contributed by atoms with E-state index in [1.54, 1.807) is 0 Å². The first-order valence-corrected chi connectivity index (χ1v) is 8.00. The summed E-state index contributed by atoms with van der Waals surface area (Å²) in [4.78, 5) is 68.4. The lowest BCUT2D eigenvalue weighted by Crippen LogP contribution is -2.16. The molecule has 0 aromatic heterocycles. The molecule has 30 heavy (non-hydrogen) atoms. The van der Waals surface area contributed by atoms with E-state index < -0.39 is 46.3 Å². The van der Waals surface area contributed by atoms with Crippen LogP contribution < -0.4 is 4.74 Å². The average Bonchev–Trinajstić information content (AvgIpc) is 2.71. The maximum absolute atomic E-state index is 12.6. The molecule has 10 heteroatoms. The third kappa shape index (κ3) is 4.81. The van der Waals surface area contributed by atoms with Crippen LogP contribution in [-0.2, 0) is 9.59 Å². The molecule has 0 heterocycles. The van der Waals surface area contributed by atoms with Crippen LogP contribution in [0.15, 0.2) is 42.5 Å². The van der Waals surface area contributed by atoms with Gasteiger partial charge < -0.3 is 20.1 Å². The molecule has 3 N–H and O–H groups in total. The van der Waals surface area contributed by atoms with Crippen molar-refractivity contribution in [3.8, 4) is 5.75 Å². The zero-order chi connectivity index (χ0) is 22.4. The fraction of sp³-hybridized carbons (Fsp3) is 0. The number of esters is 1. The van der Waals surface area contributed by atoms with Crippen molar-refractivity contribution in [3.63, 3.8) is 0 Å². The molecular formula is C20H12O10. The number of carboxylic acids is 3. The first-order chi connectivity index (χ1) is 14.2. The fourth-order valence-electron chi connectivity index (χ4n) is 2.45. The van der Waals surface area contributed by atoms with Crippen LogP contribution in [0.1, 0.15) is 47.0 Å². The molecule has 0 amide bonds. The van der Waals surface area contributed by atoms with Gasteiger partial charge in [0.1, 0.15) is 23.9 Å². The minimum Gasteiger partial charge on any atom is -0.478 e. The molecule has 0 unspecified atom stereocenters. The molecule has 2 aromatic carbocycles. The van der Waals surface area contributed by atoms with Crippen LogP contribution in [-0.4, -0.2) is 51.8 Å². The summed E-state index contributed by atoms with van der Waals surface area (Å²) in [6.45, 7) is 0. The lowest BCUT2D eigenvalue weighted by Gasteiger charge is -2.12. The first-order valence-electron chi connectivity index (χ1n) is 8.00. The lowest BCUT2D eigenvalue weighted by atomic mass is 9.97. The van der Waals surface area contributed by atoms with Gasteiger partial charge in [0.2, 0.25) is 0 Å². The second-order valence-electron chi connectivity index (χ2n) is 5.69. The summed E-state index contributed by atoms with van der Waals surface area (Å²) < 4.78 is 4.99. The van der Waals surface area contributed by atoms with Gasteiger partial charge in [-0.2, -0.15) is 0 Å². The highest BCUT2D eigenvalue weighted by Gasteiger charge is 2.24. The molecular weight excluding hydrogens is 400 g/mol. The quantitative estimate of drug-likeness (QED) is 0.251. The molecule has 10 nitrogen and oxygen atoms in total. The summed E-state index contributed by atoms with van der Waals surface area (Å²) in [5, 5.41) is 27.7. The minimum atomic E-state index is -1.60. The Morgan fingerprint density at radius 1 is 0.733 bits per heavy atom. The second-order valence-corrected chi connectivity index (χ2v) is 5.69. The van der Waals surface area contributed by atoms with Crippen molar-refractivity contribution in [2.45, 2.75) is 0 Å². The average molecular weight is 412 g/mol. The first kappa shape index (κ1) is 21.7. The Kier molecular flexibility index (Phi) is 6.55. The number of aliphatic carboxylic acids is 1. The number of carboxylic acid groups (broad SMARTS) is 3. The number of rotatable bonds is 8. The summed E-state index contributed by atoms with van der Waals surface area (Å²) in [6, 6.07) is 6.30. The summed E-state index contributed by atoms with van der Waals surface area (Å²) in [5.41, 5.74) is -2.19. The van der Waals surface area contributed by atoms with Gasteiger partial charge in [0.25, 0.3) is 0 Å². The highest BCUT2D eigenvalue weighted by molar-refractivity contribution is 6.23. The van der Waals surface area contributed by atoms with E-state index in [-0.39, 0.29) is 16.7 Å². The Labute approximate surface area is 167 Å². The van der Waals surface area contributed by atoms with Crippen LogP contribution in [0.5, 0.6) is 5.75 Å². The topological polar surface area (TPSA) is 172 Å². The van der Waals surface area contributed by atoms with Gasteiger partial charge in [-0.1, -0.05) is 12.1 Å². The zero-order valence-electron chi connectivity index (χ0n) is 14.9. The largest absolute Gasteiger partial charge is 0.478 e. The molecule has 2 rings (SSSR count). The van der Waals surface area contributed by atoms with Crippen LogP contribution in [0.25, 0.3) is 5.57 Å². The summed E-state index contributed by atoms with van der Waals surface area (Å²) in [6.07, 6.45) is 1.13. The van der Waals surface area contributed by atoms with Crippen molar-refractivity contribution >= 4 is 42.0 Å². The van der Waals surface area contributed by atoms with Crippen molar-refractivity contribution < 1.29 is 48.8 Å². The smallest absolute Gasteiger partial charge is 0.344 e. The molecule has 0 bridgehead atoms. The molecule has 0 saturated heterocycles. The highest BCUT2D eigenvalue weighted by atomic mass is 16.5. The number of aldehydes is 2. The Hall–Kier alpha value is -4.60. The van der Waals surface area contributed by atoms with E-state index in [1.165, 1.54) is 12.1 Å². The fourth-order valence-corrected chi connectivity index (χ4v) is 2.45. The summed E-state index contributed by atoms with van der Waals surface area (Å²) in [5.74, 6) is -6.52. The lowest BCUT2D eigenvalue weighted by molar-refractivity contribution is -0.132.